The Bertz CT molecular complexity index is 643. The Labute approximate surface area is 126 Å². The van der Waals surface area contributed by atoms with Gasteiger partial charge in [0, 0.05) is 11.8 Å². The maximum absolute atomic E-state index is 12.3. The molecule has 2 heteroatoms. The third-order valence-electron chi connectivity index (χ3n) is 6.12. The molecule has 4 rings (SSSR count). The zero-order valence-corrected chi connectivity index (χ0v) is 12.8. The number of carbonyl (C=O) groups excluding carboxylic acids is 1. The van der Waals surface area contributed by atoms with E-state index in [-0.39, 0.29) is 5.41 Å². The topological polar surface area (TPSA) is 26.3 Å². The molecule has 0 saturated heterocycles. The average Bonchev–Trinajstić information content (AvgIpc) is 2.82. The average molecular weight is 282 g/mol. The second-order valence-electron chi connectivity index (χ2n) is 7.02. The number of benzene rings is 1. The van der Waals surface area contributed by atoms with Crippen LogP contribution in [0.5, 0.6) is 5.75 Å². The summed E-state index contributed by atoms with van der Waals surface area (Å²) in [5.74, 6) is 2.57. The van der Waals surface area contributed by atoms with Gasteiger partial charge in [0.05, 0.1) is 7.11 Å². The lowest BCUT2D eigenvalue weighted by Gasteiger charge is -2.43. The Morgan fingerprint density at radius 3 is 2.90 bits per heavy atom. The van der Waals surface area contributed by atoms with Crippen LogP contribution < -0.4 is 4.74 Å². The van der Waals surface area contributed by atoms with Gasteiger partial charge in [0.2, 0.25) is 0 Å². The van der Waals surface area contributed by atoms with E-state index in [2.05, 4.69) is 31.2 Å². The Morgan fingerprint density at radius 1 is 1.24 bits per heavy atom. The molecular weight excluding hydrogens is 260 g/mol. The quantitative estimate of drug-likeness (QED) is 0.777. The molecule has 1 aromatic rings. The Balaban J connectivity index is 1.78. The Morgan fingerprint density at radius 2 is 2.10 bits per heavy atom. The van der Waals surface area contributed by atoms with Crippen molar-refractivity contribution in [3.05, 3.63) is 35.4 Å². The van der Waals surface area contributed by atoms with Crippen molar-refractivity contribution in [1.29, 1.82) is 0 Å². The third-order valence-corrected chi connectivity index (χ3v) is 6.12. The second-order valence-corrected chi connectivity index (χ2v) is 7.02. The number of hydrogen-bond acceptors (Lipinski definition) is 2. The number of methoxy groups -OCH3 is 1. The first-order chi connectivity index (χ1) is 10.1. The number of allylic oxidation sites excluding steroid dienone is 2. The van der Waals surface area contributed by atoms with Crippen molar-refractivity contribution in [3.63, 3.8) is 0 Å². The van der Waals surface area contributed by atoms with Crippen molar-refractivity contribution in [2.24, 2.45) is 17.3 Å². The summed E-state index contributed by atoms with van der Waals surface area (Å²) in [6, 6.07) is 6.46. The van der Waals surface area contributed by atoms with Gasteiger partial charge < -0.3 is 4.74 Å². The van der Waals surface area contributed by atoms with Gasteiger partial charge in [-0.3, -0.25) is 4.79 Å². The second kappa shape index (κ2) is 4.46. The van der Waals surface area contributed by atoms with Crippen LogP contribution in [0.4, 0.5) is 0 Å². The molecular formula is C19H22O2. The minimum absolute atomic E-state index is 0.0852. The predicted molar refractivity (Wildman–Crippen MR) is 83.2 cm³/mol. The van der Waals surface area contributed by atoms with Crippen LogP contribution in [-0.2, 0) is 11.2 Å². The van der Waals surface area contributed by atoms with E-state index in [1.807, 2.05) is 0 Å². The van der Waals surface area contributed by atoms with E-state index in [9.17, 15) is 4.79 Å². The van der Waals surface area contributed by atoms with Crippen molar-refractivity contribution < 1.29 is 9.53 Å². The number of ether oxygens (including phenoxy) is 1. The van der Waals surface area contributed by atoms with Crippen molar-refractivity contribution >= 4 is 11.4 Å². The van der Waals surface area contributed by atoms with E-state index in [0.29, 0.717) is 17.6 Å². The van der Waals surface area contributed by atoms with Gasteiger partial charge in [-0.05, 0) is 66.4 Å². The van der Waals surface area contributed by atoms with Crippen molar-refractivity contribution in [2.45, 2.75) is 39.0 Å². The molecule has 1 saturated carbocycles. The molecule has 0 N–H and O–H groups in total. The SMILES string of the molecule is COc1ccc2c(c1)CC[C@@H]1C2=CC[C@@]2(C)C(=O)CC[C@@H]12. The maximum atomic E-state index is 12.3. The Hall–Kier alpha value is -1.57. The van der Waals surface area contributed by atoms with Gasteiger partial charge in [-0.1, -0.05) is 19.1 Å². The highest BCUT2D eigenvalue weighted by Crippen LogP contribution is 2.56. The van der Waals surface area contributed by atoms with Crippen LogP contribution in [0.2, 0.25) is 0 Å². The minimum atomic E-state index is -0.0852. The van der Waals surface area contributed by atoms with Gasteiger partial charge in [-0.25, -0.2) is 0 Å². The fourth-order valence-electron chi connectivity index (χ4n) is 4.86. The summed E-state index contributed by atoms with van der Waals surface area (Å²) in [7, 11) is 1.73. The predicted octanol–water partition coefficient (Wildman–Crippen LogP) is 4.03. The standard InChI is InChI=1S/C19H22O2/c1-19-10-9-15-14-6-4-13(21-2)11-12(14)3-5-16(15)17(19)7-8-18(19)20/h4,6,9,11,16-17H,3,5,7-8,10H2,1-2H3/t16-,17+,19-/m1/s1. The molecule has 3 atom stereocenters. The smallest absolute Gasteiger partial charge is 0.139 e. The number of aryl methyl sites for hydroxylation is 1. The molecule has 0 heterocycles. The van der Waals surface area contributed by atoms with Crippen LogP contribution in [0.25, 0.3) is 5.57 Å². The number of fused-ring (bicyclic) bond motifs is 5. The molecule has 0 bridgehead atoms. The zero-order chi connectivity index (χ0) is 14.6. The lowest BCUT2D eigenvalue weighted by atomic mass is 9.60. The first-order valence-electron chi connectivity index (χ1n) is 8.04. The van der Waals surface area contributed by atoms with E-state index < -0.39 is 0 Å². The molecule has 21 heavy (non-hydrogen) atoms. The molecule has 1 aromatic carbocycles. The molecule has 0 radical (unpaired) electrons. The van der Waals surface area contributed by atoms with E-state index in [0.717, 1.165) is 31.4 Å². The fourth-order valence-corrected chi connectivity index (χ4v) is 4.86. The van der Waals surface area contributed by atoms with Crippen LogP contribution in [0.15, 0.2) is 24.3 Å². The molecule has 3 aliphatic carbocycles. The van der Waals surface area contributed by atoms with Gasteiger partial charge in [0.1, 0.15) is 11.5 Å². The summed E-state index contributed by atoms with van der Waals surface area (Å²) >= 11 is 0. The number of hydrogen-bond donors (Lipinski definition) is 0. The van der Waals surface area contributed by atoms with Gasteiger partial charge in [0.15, 0.2) is 0 Å². The van der Waals surface area contributed by atoms with Gasteiger partial charge in [0.25, 0.3) is 0 Å². The van der Waals surface area contributed by atoms with Crippen LogP contribution in [0.3, 0.4) is 0 Å². The van der Waals surface area contributed by atoms with E-state index in [1.165, 1.54) is 23.1 Å². The summed E-state index contributed by atoms with van der Waals surface area (Å²) in [6.45, 7) is 2.20. The molecule has 0 spiro atoms. The minimum Gasteiger partial charge on any atom is -0.497 e. The van der Waals surface area contributed by atoms with E-state index >= 15 is 0 Å². The van der Waals surface area contributed by atoms with Crippen LogP contribution in [-0.4, -0.2) is 12.9 Å². The first-order valence-corrected chi connectivity index (χ1v) is 8.04. The van der Waals surface area contributed by atoms with Crippen molar-refractivity contribution in [3.8, 4) is 5.75 Å². The molecule has 3 aliphatic rings. The first kappa shape index (κ1) is 13.1. The van der Waals surface area contributed by atoms with Crippen LogP contribution in [0, 0.1) is 17.3 Å². The third kappa shape index (κ3) is 1.74. The zero-order valence-electron chi connectivity index (χ0n) is 12.8. The number of rotatable bonds is 1. The van der Waals surface area contributed by atoms with Crippen molar-refractivity contribution in [1.82, 2.24) is 0 Å². The lowest BCUT2D eigenvalue weighted by molar-refractivity contribution is -0.126. The summed E-state index contributed by atoms with van der Waals surface area (Å²) < 4.78 is 5.35. The van der Waals surface area contributed by atoms with Crippen molar-refractivity contribution in [2.75, 3.05) is 7.11 Å². The highest BCUT2D eigenvalue weighted by molar-refractivity contribution is 5.89. The molecule has 2 nitrogen and oxygen atoms in total. The molecule has 1 fully saturated rings. The van der Waals surface area contributed by atoms with E-state index in [1.54, 1.807) is 7.11 Å². The van der Waals surface area contributed by atoms with Crippen LogP contribution in [0.1, 0.15) is 43.7 Å². The van der Waals surface area contributed by atoms with Crippen LogP contribution >= 0.6 is 0 Å². The summed E-state index contributed by atoms with van der Waals surface area (Å²) in [5, 5.41) is 0. The molecule has 0 aromatic heterocycles. The number of ketones is 1. The van der Waals surface area contributed by atoms with E-state index in [4.69, 9.17) is 4.74 Å². The molecule has 110 valence electrons. The monoisotopic (exact) mass is 282 g/mol. The number of Topliss-reactive ketones (excluding diaryl/α,β-unsaturated/α-hetero) is 1. The number of carbonyl (C=O) groups is 1. The summed E-state index contributed by atoms with van der Waals surface area (Å²) in [6.07, 6.45) is 7.44. The highest BCUT2D eigenvalue weighted by atomic mass is 16.5. The molecule has 0 unspecified atom stereocenters. The summed E-state index contributed by atoms with van der Waals surface area (Å²) in [4.78, 5) is 12.3. The molecule has 0 amide bonds. The lowest BCUT2D eigenvalue weighted by Crippen LogP contribution is -2.38. The highest BCUT2D eigenvalue weighted by Gasteiger charge is 2.51. The largest absolute Gasteiger partial charge is 0.497 e. The van der Waals surface area contributed by atoms with Gasteiger partial charge in [-0.15, -0.1) is 0 Å². The Kier molecular flexibility index (Phi) is 2.79. The van der Waals surface area contributed by atoms with Gasteiger partial charge >= 0.3 is 0 Å². The maximum Gasteiger partial charge on any atom is 0.139 e. The fraction of sp³-hybridized carbons (Fsp3) is 0.526. The van der Waals surface area contributed by atoms with Gasteiger partial charge in [-0.2, -0.15) is 0 Å². The molecule has 0 aliphatic heterocycles. The normalized spacial score (nSPS) is 33.8. The summed E-state index contributed by atoms with van der Waals surface area (Å²) in [5.41, 5.74) is 4.22.